The average molecular weight is 298 g/mol. The Morgan fingerprint density at radius 3 is 2.74 bits per heavy atom. The van der Waals surface area contributed by atoms with Gasteiger partial charge in [0.15, 0.2) is 0 Å². The summed E-state index contributed by atoms with van der Waals surface area (Å²) in [5, 5.41) is 7.04. The van der Waals surface area contributed by atoms with Gasteiger partial charge in [0.05, 0.1) is 34.0 Å². The number of hydrogen-bond donors (Lipinski definition) is 2. The second-order valence-corrected chi connectivity index (χ2v) is 6.38. The molecule has 0 bridgehead atoms. The molecule has 6 nitrogen and oxygen atoms in total. The minimum absolute atomic E-state index is 0.0434. The second-order valence-electron chi connectivity index (χ2n) is 4.10. The van der Waals surface area contributed by atoms with Crippen LogP contribution >= 0.6 is 11.3 Å². The van der Waals surface area contributed by atoms with E-state index in [2.05, 4.69) is 4.98 Å². The number of benzene rings is 1. The first-order valence-electron chi connectivity index (χ1n) is 5.38. The number of hydrogen-bond acceptors (Lipinski definition) is 6. The van der Waals surface area contributed by atoms with Gasteiger partial charge in [0, 0.05) is 12.4 Å². The van der Waals surface area contributed by atoms with E-state index in [0.29, 0.717) is 17.9 Å². The largest absolute Gasteiger partial charge is 0.397 e. The Labute approximate surface area is 115 Å². The summed E-state index contributed by atoms with van der Waals surface area (Å²) in [5.41, 5.74) is 9.61. The van der Waals surface area contributed by atoms with Gasteiger partial charge in [-0.1, -0.05) is 0 Å². The van der Waals surface area contributed by atoms with E-state index < -0.39 is 10.0 Å². The summed E-state index contributed by atoms with van der Waals surface area (Å²) in [5.74, 6) is 0. The zero-order valence-corrected chi connectivity index (χ0v) is 11.9. The minimum Gasteiger partial charge on any atom is -0.397 e. The lowest BCUT2D eigenvalue weighted by Crippen LogP contribution is -2.19. The van der Waals surface area contributed by atoms with Crippen LogP contribution in [0, 0.1) is 0 Å². The smallest absolute Gasteiger partial charge is 0.238 e. The van der Waals surface area contributed by atoms with E-state index in [1.54, 1.807) is 5.51 Å². The molecule has 19 heavy (non-hydrogen) atoms. The van der Waals surface area contributed by atoms with Crippen molar-refractivity contribution in [1.29, 1.82) is 0 Å². The van der Waals surface area contributed by atoms with Crippen LogP contribution in [0.3, 0.4) is 0 Å². The van der Waals surface area contributed by atoms with Crippen LogP contribution in [-0.4, -0.2) is 20.4 Å². The Morgan fingerprint density at radius 1 is 1.42 bits per heavy atom. The van der Waals surface area contributed by atoms with E-state index in [4.69, 9.17) is 10.9 Å². The van der Waals surface area contributed by atoms with Crippen molar-refractivity contribution in [1.82, 2.24) is 4.98 Å². The predicted molar refractivity (Wildman–Crippen MR) is 76.4 cm³/mol. The minimum atomic E-state index is -3.73. The van der Waals surface area contributed by atoms with E-state index in [-0.39, 0.29) is 4.90 Å². The number of primary sulfonamides is 1. The van der Waals surface area contributed by atoms with Gasteiger partial charge < -0.3 is 10.6 Å². The number of thiazole rings is 1. The zero-order valence-electron chi connectivity index (χ0n) is 10.3. The molecule has 4 N–H and O–H groups in total. The maximum Gasteiger partial charge on any atom is 0.238 e. The maximum atomic E-state index is 11.3. The van der Waals surface area contributed by atoms with E-state index >= 15 is 0 Å². The van der Waals surface area contributed by atoms with Crippen LogP contribution in [0.25, 0.3) is 0 Å². The van der Waals surface area contributed by atoms with Crippen LogP contribution in [0.2, 0.25) is 0 Å². The molecule has 0 radical (unpaired) electrons. The molecule has 0 unspecified atom stereocenters. The van der Waals surface area contributed by atoms with Gasteiger partial charge in [-0.2, -0.15) is 0 Å². The van der Waals surface area contributed by atoms with Crippen LogP contribution in [-0.2, 0) is 16.6 Å². The first-order chi connectivity index (χ1) is 8.88. The molecule has 102 valence electrons. The topological polar surface area (TPSA) is 102 Å². The third-order valence-corrected chi connectivity index (χ3v) is 4.17. The average Bonchev–Trinajstić information content (AvgIpc) is 2.80. The van der Waals surface area contributed by atoms with E-state index in [1.165, 1.54) is 29.5 Å². The van der Waals surface area contributed by atoms with E-state index in [0.717, 1.165) is 5.69 Å². The Kier molecular flexibility index (Phi) is 3.74. The lowest BCUT2D eigenvalue weighted by Gasteiger charge is -2.20. The van der Waals surface area contributed by atoms with Gasteiger partial charge in [0.25, 0.3) is 0 Å². The van der Waals surface area contributed by atoms with Gasteiger partial charge in [-0.3, -0.25) is 0 Å². The third kappa shape index (κ3) is 3.22. The Bertz CT molecular complexity index is 668. The number of anilines is 2. The fraction of sp³-hybridized carbons (Fsp3) is 0.182. The van der Waals surface area contributed by atoms with Crippen molar-refractivity contribution < 1.29 is 8.42 Å². The van der Waals surface area contributed by atoms with Crippen molar-refractivity contribution >= 4 is 32.7 Å². The van der Waals surface area contributed by atoms with Gasteiger partial charge in [0.1, 0.15) is 0 Å². The Morgan fingerprint density at radius 2 is 2.16 bits per heavy atom. The number of aromatic nitrogens is 1. The fourth-order valence-electron chi connectivity index (χ4n) is 1.67. The molecular weight excluding hydrogens is 284 g/mol. The lowest BCUT2D eigenvalue weighted by molar-refractivity contribution is 0.598. The standard InChI is InChI=1S/C11H14N4O2S2/c1-15(5-8-6-18-7-14-8)11-4-9(19(13,16)17)2-3-10(11)12/h2-4,6-7H,5,12H2,1H3,(H2,13,16,17). The number of rotatable bonds is 4. The summed E-state index contributed by atoms with van der Waals surface area (Å²) in [6, 6.07) is 4.40. The highest BCUT2D eigenvalue weighted by molar-refractivity contribution is 7.89. The molecule has 8 heteroatoms. The third-order valence-electron chi connectivity index (χ3n) is 2.62. The molecule has 2 rings (SSSR count). The van der Waals surface area contributed by atoms with Crippen molar-refractivity contribution in [3.8, 4) is 0 Å². The molecule has 0 saturated heterocycles. The van der Waals surface area contributed by atoms with Crippen molar-refractivity contribution in [2.75, 3.05) is 17.7 Å². The van der Waals surface area contributed by atoms with Crippen LogP contribution in [0.5, 0.6) is 0 Å². The molecule has 0 aliphatic rings. The summed E-state index contributed by atoms with van der Waals surface area (Å²) < 4.78 is 22.7. The summed E-state index contributed by atoms with van der Waals surface area (Å²) >= 11 is 1.50. The van der Waals surface area contributed by atoms with Crippen molar-refractivity contribution in [3.63, 3.8) is 0 Å². The van der Waals surface area contributed by atoms with Crippen LogP contribution in [0.4, 0.5) is 11.4 Å². The van der Waals surface area contributed by atoms with Crippen molar-refractivity contribution in [2.45, 2.75) is 11.4 Å². The van der Waals surface area contributed by atoms with Crippen molar-refractivity contribution in [2.24, 2.45) is 5.14 Å². The molecule has 0 aliphatic heterocycles. The van der Waals surface area contributed by atoms with Gasteiger partial charge in [-0.15, -0.1) is 11.3 Å². The molecule has 2 aromatic rings. The predicted octanol–water partition coefficient (Wildman–Crippen LogP) is 1.01. The van der Waals surface area contributed by atoms with Crippen LogP contribution in [0.1, 0.15) is 5.69 Å². The molecule has 0 spiro atoms. The number of nitrogens with zero attached hydrogens (tertiary/aromatic N) is 2. The highest BCUT2D eigenvalue weighted by atomic mass is 32.2. The number of sulfonamides is 1. The van der Waals surface area contributed by atoms with Gasteiger partial charge in [-0.05, 0) is 18.2 Å². The molecule has 0 atom stereocenters. The zero-order chi connectivity index (χ0) is 14.0. The molecule has 1 aromatic carbocycles. The maximum absolute atomic E-state index is 11.3. The van der Waals surface area contributed by atoms with E-state index in [9.17, 15) is 8.42 Å². The summed E-state index contributed by atoms with van der Waals surface area (Å²) in [7, 11) is -1.92. The first-order valence-corrected chi connectivity index (χ1v) is 7.87. The molecule has 1 heterocycles. The van der Waals surface area contributed by atoms with Crippen LogP contribution in [0.15, 0.2) is 34.0 Å². The molecule has 0 amide bonds. The van der Waals surface area contributed by atoms with Gasteiger partial charge >= 0.3 is 0 Å². The monoisotopic (exact) mass is 298 g/mol. The summed E-state index contributed by atoms with van der Waals surface area (Å²) in [6.45, 7) is 0.543. The molecule has 1 aromatic heterocycles. The molecule has 0 saturated carbocycles. The van der Waals surface area contributed by atoms with Gasteiger partial charge in [-0.25, -0.2) is 18.5 Å². The summed E-state index contributed by atoms with van der Waals surface area (Å²) in [6.07, 6.45) is 0. The first kappa shape index (κ1) is 13.8. The highest BCUT2D eigenvalue weighted by Gasteiger charge is 2.13. The normalized spacial score (nSPS) is 11.5. The van der Waals surface area contributed by atoms with Crippen molar-refractivity contribution in [3.05, 3.63) is 34.8 Å². The number of nitrogens with two attached hydrogens (primary N) is 2. The Hall–Kier alpha value is -1.64. The summed E-state index contributed by atoms with van der Waals surface area (Å²) in [4.78, 5) is 6.05. The fourth-order valence-corrected chi connectivity index (χ4v) is 2.76. The quantitative estimate of drug-likeness (QED) is 0.820. The van der Waals surface area contributed by atoms with Crippen LogP contribution < -0.4 is 15.8 Å². The van der Waals surface area contributed by atoms with Gasteiger partial charge in [0.2, 0.25) is 10.0 Å². The second kappa shape index (κ2) is 5.16. The van der Waals surface area contributed by atoms with E-state index in [1.807, 2.05) is 17.3 Å². The Balaban J connectivity index is 2.33. The molecular formula is C11H14N4O2S2. The lowest BCUT2D eigenvalue weighted by atomic mass is 10.2. The SMILES string of the molecule is CN(Cc1cscn1)c1cc(S(N)(=O)=O)ccc1N. The molecule has 0 fully saturated rings. The highest BCUT2D eigenvalue weighted by Crippen LogP contribution is 2.26. The number of nitrogen functional groups attached to an aromatic ring is 1. The molecule has 0 aliphatic carbocycles.